The van der Waals surface area contributed by atoms with Crippen LogP contribution in [0.5, 0.6) is 11.5 Å². The van der Waals surface area contributed by atoms with Crippen LogP contribution in [0, 0.1) is 0 Å². The second kappa shape index (κ2) is 9.99. The molecule has 3 heteroatoms. The molecule has 2 N–H and O–H groups in total. The van der Waals surface area contributed by atoms with Crippen molar-refractivity contribution < 1.29 is 9.84 Å². The molecule has 0 aromatic heterocycles. The van der Waals surface area contributed by atoms with E-state index >= 15 is 0 Å². The Labute approximate surface area is 145 Å². The standard InChI is InChI=1S/C21H29NO2/c1-3-4-5-8-17-11-12-18(21(15-17)24-2)13-14-22-16-19-9-6-7-10-20(19)23/h6-7,9-12,15,22-23H,3-5,8,13-14,16H2,1-2H3. The first-order chi connectivity index (χ1) is 11.7. The molecular formula is C21H29NO2. The zero-order valence-electron chi connectivity index (χ0n) is 14.8. The Bertz CT molecular complexity index is 625. The van der Waals surface area contributed by atoms with Crippen molar-refractivity contribution >= 4 is 0 Å². The Morgan fingerprint density at radius 3 is 2.58 bits per heavy atom. The minimum atomic E-state index is 0.346. The molecule has 2 aromatic carbocycles. The molecule has 24 heavy (non-hydrogen) atoms. The van der Waals surface area contributed by atoms with Crippen LogP contribution in [-0.2, 0) is 19.4 Å². The first kappa shape index (κ1) is 18.3. The minimum Gasteiger partial charge on any atom is -0.508 e. The second-order valence-corrected chi connectivity index (χ2v) is 6.16. The summed E-state index contributed by atoms with van der Waals surface area (Å²) in [7, 11) is 1.74. The quantitative estimate of drug-likeness (QED) is 0.633. The summed E-state index contributed by atoms with van der Waals surface area (Å²) in [5.74, 6) is 1.33. The van der Waals surface area contributed by atoms with Gasteiger partial charge in [-0.3, -0.25) is 0 Å². The second-order valence-electron chi connectivity index (χ2n) is 6.16. The van der Waals surface area contributed by atoms with Crippen LogP contribution in [0.1, 0.15) is 42.9 Å². The number of para-hydroxylation sites is 1. The van der Waals surface area contributed by atoms with E-state index in [4.69, 9.17) is 4.74 Å². The summed E-state index contributed by atoms with van der Waals surface area (Å²) in [6, 6.07) is 14.0. The van der Waals surface area contributed by atoms with Crippen molar-refractivity contribution in [1.29, 1.82) is 0 Å². The van der Waals surface area contributed by atoms with Crippen LogP contribution in [0.15, 0.2) is 42.5 Å². The Balaban J connectivity index is 1.84. The molecular weight excluding hydrogens is 298 g/mol. The lowest BCUT2D eigenvalue weighted by molar-refractivity contribution is 0.408. The molecule has 3 nitrogen and oxygen atoms in total. The number of hydrogen-bond donors (Lipinski definition) is 2. The van der Waals surface area contributed by atoms with E-state index < -0.39 is 0 Å². The van der Waals surface area contributed by atoms with Crippen LogP contribution in [0.25, 0.3) is 0 Å². The summed E-state index contributed by atoms with van der Waals surface area (Å²) in [4.78, 5) is 0. The number of ether oxygens (including phenoxy) is 1. The minimum absolute atomic E-state index is 0.346. The van der Waals surface area contributed by atoms with Crippen molar-refractivity contribution in [2.24, 2.45) is 0 Å². The fourth-order valence-corrected chi connectivity index (χ4v) is 2.84. The number of phenols is 1. The predicted molar refractivity (Wildman–Crippen MR) is 99.7 cm³/mol. The van der Waals surface area contributed by atoms with Gasteiger partial charge in [0, 0.05) is 12.1 Å². The molecule has 0 saturated heterocycles. The number of aromatic hydroxyl groups is 1. The molecule has 0 bridgehead atoms. The van der Waals surface area contributed by atoms with Gasteiger partial charge < -0.3 is 15.2 Å². The van der Waals surface area contributed by atoms with Crippen molar-refractivity contribution in [3.8, 4) is 11.5 Å². The first-order valence-corrected chi connectivity index (χ1v) is 8.88. The van der Waals surface area contributed by atoms with Gasteiger partial charge in [0.1, 0.15) is 11.5 Å². The molecule has 0 aliphatic rings. The van der Waals surface area contributed by atoms with E-state index in [1.807, 2.05) is 18.2 Å². The predicted octanol–water partition coefficient (Wildman–Crippen LogP) is 4.47. The molecule has 0 atom stereocenters. The summed E-state index contributed by atoms with van der Waals surface area (Å²) in [6.45, 7) is 3.75. The van der Waals surface area contributed by atoms with Crippen molar-refractivity contribution in [3.05, 3.63) is 59.2 Å². The maximum absolute atomic E-state index is 9.77. The van der Waals surface area contributed by atoms with Crippen molar-refractivity contribution in [1.82, 2.24) is 5.32 Å². The van der Waals surface area contributed by atoms with Gasteiger partial charge in [0.2, 0.25) is 0 Å². The van der Waals surface area contributed by atoms with Crippen LogP contribution in [0.4, 0.5) is 0 Å². The SMILES string of the molecule is CCCCCc1ccc(CCNCc2ccccc2O)c(OC)c1. The molecule has 0 saturated carbocycles. The maximum atomic E-state index is 9.77. The average molecular weight is 327 g/mol. The molecule has 130 valence electrons. The van der Waals surface area contributed by atoms with Gasteiger partial charge in [0.05, 0.1) is 7.11 Å². The Morgan fingerprint density at radius 2 is 1.83 bits per heavy atom. The van der Waals surface area contributed by atoms with Crippen LogP contribution in [-0.4, -0.2) is 18.8 Å². The number of unbranched alkanes of at least 4 members (excludes halogenated alkanes) is 2. The highest BCUT2D eigenvalue weighted by atomic mass is 16.5. The number of aryl methyl sites for hydroxylation is 1. The summed E-state index contributed by atoms with van der Waals surface area (Å²) < 4.78 is 5.56. The van der Waals surface area contributed by atoms with E-state index in [0.717, 1.165) is 30.7 Å². The monoisotopic (exact) mass is 327 g/mol. The van der Waals surface area contributed by atoms with E-state index in [1.54, 1.807) is 13.2 Å². The van der Waals surface area contributed by atoms with E-state index in [9.17, 15) is 5.11 Å². The average Bonchev–Trinajstić information content (AvgIpc) is 2.61. The highest BCUT2D eigenvalue weighted by molar-refractivity contribution is 5.38. The van der Waals surface area contributed by atoms with Gasteiger partial charge in [-0.25, -0.2) is 0 Å². The maximum Gasteiger partial charge on any atom is 0.122 e. The summed E-state index contributed by atoms with van der Waals surface area (Å²) >= 11 is 0. The van der Waals surface area contributed by atoms with Crippen molar-refractivity contribution in [3.63, 3.8) is 0 Å². The highest BCUT2D eigenvalue weighted by Gasteiger charge is 2.05. The van der Waals surface area contributed by atoms with Crippen LogP contribution in [0.3, 0.4) is 0 Å². The zero-order valence-corrected chi connectivity index (χ0v) is 14.8. The number of benzene rings is 2. The number of phenolic OH excluding ortho intramolecular Hbond substituents is 1. The van der Waals surface area contributed by atoms with Gasteiger partial charge in [-0.15, -0.1) is 0 Å². The van der Waals surface area contributed by atoms with Crippen LogP contribution >= 0.6 is 0 Å². The van der Waals surface area contributed by atoms with E-state index in [-0.39, 0.29) is 0 Å². The molecule has 0 spiro atoms. The zero-order chi connectivity index (χ0) is 17.2. The number of rotatable bonds is 10. The fraction of sp³-hybridized carbons (Fsp3) is 0.429. The Kier molecular flexibility index (Phi) is 7.63. The van der Waals surface area contributed by atoms with E-state index in [2.05, 4.69) is 30.4 Å². The molecule has 0 radical (unpaired) electrons. The summed E-state index contributed by atoms with van der Waals surface area (Å²) in [5.41, 5.74) is 3.50. The van der Waals surface area contributed by atoms with Gasteiger partial charge in [-0.05, 0) is 49.1 Å². The molecule has 2 rings (SSSR count). The molecule has 0 amide bonds. The summed E-state index contributed by atoms with van der Waals surface area (Å²) in [5, 5.41) is 13.2. The Hall–Kier alpha value is -2.00. The Morgan fingerprint density at radius 1 is 1.00 bits per heavy atom. The number of methoxy groups -OCH3 is 1. The third kappa shape index (κ3) is 5.57. The van der Waals surface area contributed by atoms with Gasteiger partial charge in [-0.2, -0.15) is 0 Å². The number of nitrogens with one attached hydrogen (secondary N) is 1. The number of hydrogen-bond acceptors (Lipinski definition) is 3. The lowest BCUT2D eigenvalue weighted by Crippen LogP contribution is -2.17. The molecule has 0 aliphatic carbocycles. The van der Waals surface area contributed by atoms with Gasteiger partial charge >= 0.3 is 0 Å². The lowest BCUT2D eigenvalue weighted by atomic mass is 10.0. The van der Waals surface area contributed by atoms with E-state index in [1.165, 1.54) is 30.4 Å². The van der Waals surface area contributed by atoms with Crippen LogP contribution < -0.4 is 10.1 Å². The van der Waals surface area contributed by atoms with Crippen molar-refractivity contribution in [2.75, 3.05) is 13.7 Å². The van der Waals surface area contributed by atoms with Gasteiger partial charge in [0.25, 0.3) is 0 Å². The molecule has 0 fully saturated rings. The molecule has 0 unspecified atom stereocenters. The smallest absolute Gasteiger partial charge is 0.122 e. The third-order valence-electron chi connectivity index (χ3n) is 4.30. The van der Waals surface area contributed by atoms with Gasteiger partial charge in [0.15, 0.2) is 0 Å². The van der Waals surface area contributed by atoms with Crippen molar-refractivity contribution in [2.45, 2.75) is 45.6 Å². The fourth-order valence-electron chi connectivity index (χ4n) is 2.84. The molecule has 2 aromatic rings. The molecule has 0 heterocycles. The lowest BCUT2D eigenvalue weighted by Gasteiger charge is -2.12. The van der Waals surface area contributed by atoms with Crippen LogP contribution in [0.2, 0.25) is 0 Å². The summed E-state index contributed by atoms with van der Waals surface area (Å²) in [6.07, 6.45) is 5.79. The topological polar surface area (TPSA) is 41.5 Å². The van der Waals surface area contributed by atoms with E-state index in [0.29, 0.717) is 12.3 Å². The third-order valence-corrected chi connectivity index (χ3v) is 4.30. The highest BCUT2D eigenvalue weighted by Crippen LogP contribution is 2.22. The molecule has 0 aliphatic heterocycles. The van der Waals surface area contributed by atoms with Gasteiger partial charge in [-0.1, -0.05) is 50.1 Å². The first-order valence-electron chi connectivity index (χ1n) is 8.88. The largest absolute Gasteiger partial charge is 0.508 e. The normalized spacial score (nSPS) is 10.8.